The number of aliphatic hydroxyl groups is 2. The quantitative estimate of drug-likeness (QED) is 0.799. The maximum absolute atomic E-state index is 9.84. The summed E-state index contributed by atoms with van der Waals surface area (Å²) in [5, 5.41) is 19.2. The van der Waals surface area contributed by atoms with E-state index in [4.69, 9.17) is 0 Å². The monoisotopic (exact) mass is 244 g/mol. The second-order valence-electron chi connectivity index (χ2n) is 4.90. The molecule has 1 saturated carbocycles. The minimum Gasteiger partial charge on any atom is -0.393 e. The Labute approximate surface area is 108 Å². The van der Waals surface area contributed by atoms with E-state index in [1.807, 2.05) is 18.2 Å². The standard InChI is InChI=1S/C16H20O2/c17-15(9-6-13-4-2-1-3-5-13)10-7-14-8-11-16(18)12-14/h1-5,10,15-18H,6,8-9,11-12H2/t7?,15-,16-/m0/s1. The van der Waals surface area contributed by atoms with Crippen molar-refractivity contribution in [3.05, 3.63) is 53.3 Å². The summed E-state index contributed by atoms with van der Waals surface area (Å²) in [6.45, 7) is 0. The molecule has 2 rings (SSSR count). The Bertz CT molecular complexity index is 430. The van der Waals surface area contributed by atoms with Crippen LogP contribution in [0.25, 0.3) is 0 Å². The zero-order valence-electron chi connectivity index (χ0n) is 10.5. The van der Waals surface area contributed by atoms with Crippen molar-refractivity contribution < 1.29 is 10.2 Å². The molecule has 0 aliphatic heterocycles. The first-order valence-corrected chi connectivity index (χ1v) is 6.58. The summed E-state index contributed by atoms with van der Waals surface area (Å²) in [6.07, 6.45) is 5.11. The molecule has 0 unspecified atom stereocenters. The van der Waals surface area contributed by atoms with E-state index in [-0.39, 0.29) is 6.10 Å². The summed E-state index contributed by atoms with van der Waals surface area (Å²) in [4.78, 5) is 0. The lowest BCUT2D eigenvalue weighted by atomic mass is 10.1. The fourth-order valence-electron chi connectivity index (χ4n) is 2.22. The first kappa shape index (κ1) is 13.1. The minimum atomic E-state index is -0.449. The number of hydrogen-bond acceptors (Lipinski definition) is 2. The molecule has 2 N–H and O–H groups in total. The predicted molar refractivity (Wildman–Crippen MR) is 72.2 cm³/mol. The highest BCUT2D eigenvalue weighted by atomic mass is 16.3. The molecule has 1 aliphatic rings. The Balaban J connectivity index is 1.82. The molecule has 0 radical (unpaired) electrons. The highest BCUT2D eigenvalue weighted by molar-refractivity contribution is 5.15. The van der Waals surface area contributed by atoms with Crippen molar-refractivity contribution in [3.63, 3.8) is 0 Å². The number of rotatable bonds is 4. The zero-order valence-corrected chi connectivity index (χ0v) is 10.5. The van der Waals surface area contributed by atoms with Gasteiger partial charge in [0, 0.05) is 6.42 Å². The predicted octanol–water partition coefficient (Wildman–Crippen LogP) is 2.61. The van der Waals surface area contributed by atoms with E-state index >= 15 is 0 Å². The number of benzene rings is 1. The van der Waals surface area contributed by atoms with Crippen LogP contribution in [0, 0.1) is 0 Å². The molecule has 1 aliphatic carbocycles. The summed E-state index contributed by atoms with van der Waals surface area (Å²) in [7, 11) is 0. The summed E-state index contributed by atoms with van der Waals surface area (Å²) in [5.74, 6) is 0. The maximum atomic E-state index is 9.84. The van der Waals surface area contributed by atoms with E-state index < -0.39 is 6.10 Å². The van der Waals surface area contributed by atoms with Crippen molar-refractivity contribution in [1.29, 1.82) is 0 Å². The normalized spacial score (nSPS) is 20.6. The van der Waals surface area contributed by atoms with E-state index in [1.54, 1.807) is 6.08 Å². The van der Waals surface area contributed by atoms with Gasteiger partial charge in [-0.3, -0.25) is 0 Å². The molecular formula is C16H20O2. The fourth-order valence-corrected chi connectivity index (χ4v) is 2.22. The van der Waals surface area contributed by atoms with Gasteiger partial charge in [-0.2, -0.15) is 0 Å². The fraction of sp³-hybridized carbons (Fsp3) is 0.438. The maximum Gasteiger partial charge on any atom is 0.0797 e. The average Bonchev–Trinajstić information content (AvgIpc) is 2.81. The van der Waals surface area contributed by atoms with E-state index in [2.05, 4.69) is 17.9 Å². The SMILES string of the molecule is O[C@H]1CCC(=C=C[C@@H](O)CCc2ccccc2)C1. The van der Waals surface area contributed by atoms with Crippen LogP contribution in [0.1, 0.15) is 31.2 Å². The largest absolute Gasteiger partial charge is 0.393 e. The lowest BCUT2D eigenvalue weighted by Gasteiger charge is -2.04. The van der Waals surface area contributed by atoms with Crippen molar-refractivity contribution in [3.8, 4) is 0 Å². The minimum absolute atomic E-state index is 0.206. The summed E-state index contributed by atoms with van der Waals surface area (Å²) in [6, 6.07) is 10.2. The molecule has 96 valence electrons. The van der Waals surface area contributed by atoms with Gasteiger partial charge in [-0.15, -0.1) is 5.73 Å². The topological polar surface area (TPSA) is 40.5 Å². The smallest absolute Gasteiger partial charge is 0.0797 e. The molecule has 2 atom stereocenters. The third-order valence-corrected chi connectivity index (χ3v) is 3.31. The third kappa shape index (κ3) is 4.15. The van der Waals surface area contributed by atoms with Crippen molar-refractivity contribution in [1.82, 2.24) is 0 Å². The van der Waals surface area contributed by atoms with Crippen LogP contribution in [-0.2, 0) is 6.42 Å². The highest BCUT2D eigenvalue weighted by Gasteiger charge is 2.15. The summed E-state index contributed by atoms with van der Waals surface area (Å²) in [5.41, 5.74) is 5.50. The van der Waals surface area contributed by atoms with Gasteiger partial charge in [0.1, 0.15) is 0 Å². The third-order valence-electron chi connectivity index (χ3n) is 3.31. The molecule has 2 heteroatoms. The summed E-state index contributed by atoms with van der Waals surface area (Å²) < 4.78 is 0. The molecule has 0 amide bonds. The van der Waals surface area contributed by atoms with E-state index in [9.17, 15) is 10.2 Å². The lowest BCUT2D eigenvalue weighted by molar-refractivity contribution is 0.186. The van der Waals surface area contributed by atoms with Crippen molar-refractivity contribution in [2.75, 3.05) is 0 Å². The van der Waals surface area contributed by atoms with Crippen LogP contribution in [0.15, 0.2) is 47.7 Å². The Morgan fingerprint density at radius 1 is 1.33 bits per heavy atom. The molecule has 0 heterocycles. The Kier molecular flexibility index (Phi) is 4.77. The van der Waals surface area contributed by atoms with Gasteiger partial charge >= 0.3 is 0 Å². The van der Waals surface area contributed by atoms with Crippen LogP contribution in [0.3, 0.4) is 0 Å². The average molecular weight is 244 g/mol. The van der Waals surface area contributed by atoms with E-state index in [1.165, 1.54) is 5.56 Å². The number of aryl methyl sites for hydroxylation is 1. The van der Waals surface area contributed by atoms with Gasteiger partial charge in [-0.05, 0) is 42.9 Å². The summed E-state index contributed by atoms with van der Waals surface area (Å²) >= 11 is 0. The van der Waals surface area contributed by atoms with Crippen LogP contribution in [-0.4, -0.2) is 22.4 Å². The zero-order chi connectivity index (χ0) is 12.8. The first-order chi connectivity index (χ1) is 8.74. The van der Waals surface area contributed by atoms with Gasteiger partial charge in [0.2, 0.25) is 0 Å². The van der Waals surface area contributed by atoms with Gasteiger partial charge in [-0.25, -0.2) is 0 Å². The van der Waals surface area contributed by atoms with Crippen molar-refractivity contribution in [2.24, 2.45) is 0 Å². The highest BCUT2D eigenvalue weighted by Crippen LogP contribution is 2.23. The van der Waals surface area contributed by atoms with Crippen LogP contribution in [0.5, 0.6) is 0 Å². The Morgan fingerprint density at radius 3 is 2.78 bits per heavy atom. The van der Waals surface area contributed by atoms with Crippen LogP contribution < -0.4 is 0 Å². The Morgan fingerprint density at radius 2 is 2.11 bits per heavy atom. The molecule has 0 aromatic heterocycles. The van der Waals surface area contributed by atoms with Gasteiger partial charge in [-0.1, -0.05) is 30.3 Å². The van der Waals surface area contributed by atoms with Gasteiger partial charge in [0.05, 0.1) is 12.2 Å². The lowest BCUT2D eigenvalue weighted by Crippen LogP contribution is -2.03. The number of aliphatic hydroxyl groups excluding tert-OH is 2. The van der Waals surface area contributed by atoms with E-state index in [0.717, 1.165) is 24.8 Å². The van der Waals surface area contributed by atoms with Gasteiger partial charge < -0.3 is 10.2 Å². The first-order valence-electron chi connectivity index (χ1n) is 6.58. The van der Waals surface area contributed by atoms with Gasteiger partial charge in [0.15, 0.2) is 0 Å². The molecule has 18 heavy (non-hydrogen) atoms. The second kappa shape index (κ2) is 6.55. The molecule has 1 aromatic rings. The van der Waals surface area contributed by atoms with Crippen LogP contribution >= 0.6 is 0 Å². The van der Waals surface area contributed by atoms with Gasteiger partial charge in [0.25, 0.3) is 0 Å². The van der Waals surface area contributed by atoms with Crippen LogP contribution in [0.4, 0.5) is 0 Å². The van der Waals surface area contributed by atoms with Crippen molar-refractivity contribution >= 4 is 0 Å². The molecule has 0 spiro atoms. The molecular weight excluding hydrogens is 224 g/mol. The molecule has 1 aromatic carbocycles. The molecule has 2 nitrogen and oxygen atoms in total. The molecule has 0 saturated heterocycles. The molecule has 0 bridgehead atoms. The Hall–Kier alpha value is -1.34. The van der Waals surface area contributed by atoms with E-state index in [0.29, 0.717) is 12.8 Å². The molecule has 1 fully saturated rings. The van der Waals surface area contributed by atoms with Crippen molar-refractivity contribution in [2.45, 2.75) is 44.3 Å². The second-order valence-corrected chi connectivity index (χ2v) is 4.90. The number of hydrogen-bond donors (Lipinski definition) is 2. The van der Waals surface area contributed by atoms with Crippen LogP contribution in [0.2, 0.25) is 0 Å².